The molecule has 1 unspecified atom stereocenters. The normalized spacial score (nSPS) is 15.7. The number of anilines is 1. The van der Waals surface area contributed by atoms with Gasteiger partial charge in [-0.2, -0.15) is 4.98 Å². The molecule has 1 aliphatic rings. The molecule has 1 amide bonds. The van der Waals surface area contributed by atoms with Gasteiger partial charge in [0.2, 0.25) is 5.91 Å². The first kappa shape index (κ1) is 20.0. The van der Waals surface area contributed by atoms with Crippen LogP contribution in [0.15, 0.2) is 58.5 Å². The third kappa shape index (κ3) is 3.92. The molecule has 3 aromatic rings. The number of thioether (sulfide) groups is 1. The average Bonchev–Trinajstić information content (AvgIpc) is 2.70. The Kier molecular flexibility index (Phi) is 5.67. The van der Waals surface area contributed by atoms with Gasteiger partial charge in [-0.15, -0.1) is 0 Å². The smallest absolute Gasteiger partial charge is 0.279 e. The molecule has 4 rings (SSSR count). The highest BCUT2D eigenvalue weighted by Crippen LogP contribution is 2.41. The summed E-state index contributed by atoms with van der Waals surface area (Å²) in [5.41, 5.74) is 1.73. The Labute approximate surface area is 182 Å². The van der Waals surface area contributed by atoms with Crippen molar-refractivity contribution in [3.8, 4) is 0 Å². The fourth-order valence-electron chi connectivity index (χ4n) is 3.48. The summed E-state index contributed by atoms with van der Waals surface area (Å²) >= 11 is 14.2. The minimum atomic E-state index is -0.542. The van der Waals surface area contributed by atoms with Gasteiger partial charge in [0, 0.05) is 35.2 Å². The quantitative estimate of drug-likeness (QED) is 0.460. The first-order valence-corrected chi connectivity index (χ1v) is 10.7. The van der Waals surface area contributed by atoms with Gasteiger partial charge in [-0.1, -0.05) is 71.4 Å². The van der Waals surface area contributed by atoms with E-state index in [4.69, 9.17) is 23.2 Å². The van der Waals surface area contributed by atoms with E-state index in [0.29, 0.717) is 37.9 Å². The van der Waals surface area contributed by atoms with Crippen LogP contribution in [0.25, 0.3) is 0 Å². The maximum absolute atomic E-state index is 13.0. The minimum Gasteiger partial charge on any atom is -0.312 e. The number of hydrogen-bond acceptors (Lipinski definition) is 4. The number of benzene rings is 2. The third-order valence-corrected chi connectivity index (χ3v) is 6.62. The van der Waals surface area contributed by atoms with E-state index in [9.17, 15) is 9.59 Å². The summed E-state index contributed by atoms with van der Waals surface area (Å²) < 4.78 is 1.75. The lowest BCUT2D eigenvalue weighted by Crippen LogP contribution is -2.33. The van der Waals surface area contributed by atoms with Gasteiger partial charge in [0.05, 0.1) is 5.56 Å². The molecule has 8 heteroatoms. The molecule has 1 atom stereocenters. The van der Waals surface area contributed by atoms with Gasteiger partial charge in [0.25, 0.3) is 5.56 Å². The van der Waals surface area contributed by atoms with Crippen molar-refractivity contribution >= 4 is 46.7 Å². The van der Waals surface area contributed by atoms with Crippen LogP contribution >= 0.6 is 35.0 Å². The maximum Gasteiger partial charge on any atom is 0.279 e. The lowest BCUT2D eigenvalue weighted by Gasteiger charge is -2.28. The van der Waals surface area contributed by atoms with Crippen LogP contribution in [-0.4, -0.2) is 15.5 Å². The highest BCUT2D eigenvalue weighted by atomic mass is 35.5. The number of nitrogens with zero attached hydrogens (tertiary/aromatic N) is 2. The van der Waals surface area contributed by atoms with E-state index in [1.54, 1.807) is 29.8 Å². The number of rotatable bonds is 4. The molecule has 0 fully saturated rings. The summed E-state index contributed by atoms with van der Waals surface area (Å²) in [5, 5.41) is 4.21. The molecular weight excluding hydrogens is 429 g/mol. The van der Waals surface area contributed by atoms with E-state index in [1.807, 2.05) is 30.3 Å². The summed E-state index contributed by atoms with van der Waals surface area (Å²) in [4.78, 5) is 29.7. The molecule has 2 aromatic carbocycles. The van der Waals surface area contributed by atoms with Gasteiger partial charge in [0.15, 0.2) is 5.16 Å². The van der Waals surface area contributed by atoms with Gasteiger partial charge in [-0.05, 0) is 23.3 Å². The van der Waals surface area contributed by atoms with Gasteiger partial charge in [-0.3, -0.25) is 9.59 Å². The van der Waals surface area contributed by atoms with Crippen LogP contribution in [0, 0.1) is 0 Å². The summed E-state index contributed by atoms with van der Waals surface area (Å²) in [6.07, 6.45) is 0.0872. The highest BCUT2D eigenvalue weighted by molar-refractivity contribution is 7.98. The Morgan fingerprint density at radius 2 is 1.76 bits per heavy atom. The van der Waals surface area contributed by atoms with Crippen LogP contribution in [0.1, 0.15) is 29.0 Å². The van der Waals surface area contributed by atoms with Crippen LogP contribution in [0.5, 0.6) is 0 Å². The number of halogens is 2. The third-order valence-electron chi connectivity index (χ3n) is 4.86. The van der Waals surface area contributed by atoms with Crippen molar-refractivity contribution in [3.05, 3.63) is 85.6 Å². The number of fused-ring (bicyclic) bond motifs is 1. The van der Waals surface area contributed by atoms with Crippen LogP contribution < -0.4 is 10.9 Å². The summed E-state index contributed by atoms with van der Waals surface area (Å²) in [5.74, 6) is 0.365. The Bertz CT molecular complexity index is 1130. The SMILES string of the molecule is Cn1c(SCc2ccccc2)nc(=O)c2c1NC(=O)CC2c1c(Cl)cccc1Cl. The summed E-state index contributed by atoms with van der Waals surface area (Å²) in [7, 11) is 1.79. The molecule has 0 saturated carbocycles. The van der Waals surface area contributed by atoms with Crippen molar-refractivity contribution in [1.29, 1.82) is 0 Å². The van der Waals surface area contributed by atoms with Crippen LogP contribution in [0.3, 0.4) is 0 Å². The number of nitrogens with one attached hydrogen (secondary N) is 1. The van der Waals surface area contributed by atoms with Gasteiger partial charge in [-0.25, -0.2) is 0 Å². The van der Waals surface area contributed by atoms with Crippen LogP contribution in [0.2, 0.25) is 10.0 Å². The molecular formula is C21H17Cl2N3O2S. The lowest BCUT2D eigenvalue weighted by atomic mass is 9.86. The molecule has 0 spiro atoms. The Balaban J connectivity index is 1.78. The Morgan fingerprint density at radius 3 is 2.45 bits per heavy atom. The number of amides is 1. The fraction of sp³-hybridized carbons (Fsp3) is 0.190. The number of aromatic nitrogens is 2. The second-order valence-corrected chi connectivity index (χ2v) is 8.49. The molecule has 0 aliphatic carbocycles. The van der Waals surface area contributed by atoms with E-state index in [2.05, 4.69) is 10.3 Å². The van der Waals surface area contributed by atoms with Crippen molar-refractivity contribution in [1.82, 2.24) is 9.55 Å². The zero-order valence-corrected chi connectivity index (χ0v) is 17.8. The van der Waals surface area contributed by atoms with E-state index in [-0.39, 0.29) is 17.9 Å². The second kappa shape index (κ2) is 8.22. The predicted octanol–water partition coefficient (Wildman–Crippen LogP) is 4.85. The standard InChI is InChI=1S/C21H17Cl2N3O2S/c1-26-19-18(20(28)25-21(26)29-11-12-6-3-2-4-7-12)13(10-16(27)24-19)17-14(22)8-5-9-15(17)23/h2-9,13H,10-11H2,1H3,(H,24,27). The Hall–Kier alpha value is -2.28. The molecule has 1 aromatic heterocycles. The fourth-order valence-corrected chi connectivity index (χ4v) is 5.06. The first-order valence-electron chi connectivity index (χ1n) is 8.97. The van der Waals surface area contributed by atoms with Crippen LogP contribution in [0.4, 0.5) is 5.82 Å². The van der Waals surface area contributed by atoms with E-state index in [0.717, 1.165) is 5.56 Å². The molecule has 29 heavy (non-hydrogen) atoms. The van der Waals surface area contributed by atoms with Crippen molar-refractivity contribution in [2.45, 2.75) is 23.2 Å². The Morgan fingerprint density at radius 1 is 1.07 bits per heavy atom. The van der Waals surface area contributed by atoms with Crippen LogP contribution in [-0.2, 0) is 17.6 Å². The molecule has 0 radical (unpaired) electrons. The first-order chi connectivity index (χ1) is 14.0. The van der Waals surface area contributed by atoms with E-state index >= 15 is 0 Å². The zero-order chi connectivity index (χ0) is 20.5. The number of carbonyl (C=O) groups is 1. The monoisotopic (exact) mass is 445 g/mol. The second-order valence-electron chi connectivity index (χ2n) is 6.74. The molecule has 1 N–H and O–H groups in total. The van der Waals surface area contributed by atoms with E-state index in [1.165, 1.54) is 11.8 Å². The van der Waals surface area contributed by atoms with E-state index < -0.39 is 5.92 Å². The molecule has 0 bridgehead atoms. The molecule has 5 nitrogen and oxygen atoms in total. The van der Waals surface area contributed by atoms with Crippen molar-refractivity contribution in [2.24, 2.45) is 7.05 Å². The molecule has 0 saturated heterocycles. The zero-order valence-electron chi connectivity index (χ0n) is 15.5. The molecule has 1 aliphatic heterocycles. The lowest BCUT2D eigenvalue weighted by molar-refractivity contribution is -0.116. The van der Waals surface area contributed by atoms with Gasteiger partial charge >= 0.3 is 0 Å². The maximum atomic E-state index is 13.0. The van der Waals surface area contributed by atoms with Gasteiger partial charge < -0.3 is 9.88 Å². The average molecular weight is 446 g/mol. The topological polar surface area (TPSA) is 64.0 Å². The molecule has 2 heterocycles. The van der Waals surface area contributed by atoms with Crippen molar-refractivity contribution in [2.75, 3.05) is 5.32 Å². The molecule has 148 valence electrons. The van der Waals surface area contributed by atoms with Crippen molar-refractivity contribution in [3.63, 3.8) is 0 Å². The number of carbonyl (C=O) groups excluding carboxylic acids is 1. The predicted molar refractivity (Wildman–Crippen MR) is 117 cm³/mol. The summed E-state index contributed by atoms with van der Waals surface area (Å²) in [6.45, 7) is 0. The summed E-state index contributed by atoms with van der Waals surface area (Å²) in [6, 6.07) is 15.1. The largest absolute Gasteiger partial charge is 0.312 e. The minimum absolute atomic E-state index is 0.0872. The number of hydrogen-bond donors (Lipinski definition) is 1. The van der Waals surface area contributed by atoms with Gasteiger partial charge in [0.1, 0.15) is 5.82 Å². The van der Waals surface area contributed by atoms with Crippen molar-refractivity contribution < 1.29 is 4.79 Å². The highest BCUT2D eigenvalue weighted by Gasteiger charge is 2.34.